The van der Waals surface area contributed by atoms with Crippen molar-refractivity contribution in [3.05, 3.63) is 0 Å². The largest absolute Gasteiger partial charge is 0.381 e. The summed E-state index contributed by atoms with van der Waals surface area (Å²) in [6, 6.07) is 0. The van der Waals surface area contributed by atoms with E-state index in [0.29, 0.717) is 0 Å². The maximum absolute atomic E-state index is 5.25. The molecule has 0 radical (unpaired) electrons. The number of hydrogen-bond donors (Lipinski definition) is 0. The van der Waals surface area contributed by atoms with Crippen LogP contribution in [0, 0.1) is 17.8 Å². The minimum atomic E-state index is 0.833. The van der Waals surface area contributed by atoms with Crippen LogP contribution >= 0.6 is 0 Å². The van der Waals surface area contributed by atoms with E-state index in [9.17, 15) is 0 Å². The summed E-state index contributed by atoms with van der Waals surface area (Å²) >= 11 is 0. The van der Waals surface area contributed by atoms with Crippen molar-refractivity contribution < 1.29 is 4.74 Å². The van der Waals surface area contributed by atoms with E-state index in [4.69, 9.17) is 4.74 Å². The third-order valence-corrected chi connectivity index (χ3v) is 2.21. The summed E-state index contributed by atoms with van der Waals surface area (Å²) in [5, 5.41) is 0. The summed E-state index contributed by atoms with van der Waals surface area (Å²) in [7, 11) is 0. The van der Waals surface area contributed by atoms with Crippen molar-refractivity contribution in [2.75, 3.05) is 13.2 Å². The van der Waals surface area contributed by atoms with Crippen LogP contribution in [-0.2, 0) is 4.74 Å². The number of rotatable bonds is 1. The second-order valence-electron chi connectivity index (χ2n) is 4.93. The third kappa shape index (κ3) is 8.29. The van der Waals surface area contributed by atoms with Crippen LogP contribution in [0.15, 0.2) is 0 Å². The lowest BCUT2D eigenvalue weighted by Gasteiger charge is -2.24. The monoisotopic (exact) mass is 186 g/mol. The van der Waals surface area contributed by atoms with Crippen molar-refractivity contribution in [2.45, 2.75) is 47.5 Å². The van der Waals surface area contributed by atoms with Crippen LogP contribution in [0.3, 0.4) is 0 Å². The smallest absolute Gasteiger partial charge is 0.0468 e. The second-order valence-corrected chi connectivity index (χ2v) is 4.93. The molecular weight excluding hydrogens is 160 g/mol. The first kappa shape index (κ1) is 13.0. The Labute approximate surface area is 83.9 Å². The van der Waals surface area contributed by atoms with Crippen molar-refractivity contribution in [1.82, 2.24) is 0 Å². The zero-order chi connectivity index (χ0) is 10.3. The molecule has 0 amide bonds. The molecule has 13 heavy (non-hydrogen) atoms. The molecule has 0 N–H and O–H groups in total. The highest BCUT2D eigenvalue weighted by atomic mass is 16.5. The lowest BCUT2D eigenvalue weighted by Crippen LogP contribution is -2.19. The number of hydrogen-bond acceptors (Lipinski definition) is 1. The van der Waals surface area contributed by atoms with Gasteiger partial charge in [-0.15, -0.1) is 0 Å². The summed E-state index contributed by atoms with van der Waals surface area (Å²) in [6.45, 7) is 13.1. The summed E-state index contributed by atoms with van der Waals surface area (Å²) in [5.41, 5.74) is 0. The molecule has 1 rings (SSSR count). The van der Waals surface area contributed by atoms with E-state index in [0.717, 1.165) is 31.0 Å². The van der Waals surface area contributed by atoms with Gasteiger partial charge in [-0.1, -0.05) is 34.6 Å². The molecule has 0 aromatic carbocycles. The molecule has 0 saturated carbocycles. The van der Waals surface area contributed by atoms with E-state index >= 15 is 0 Å². The highest BCUT2D eigenvalue weighted by Gasteiger charge is 2.16. The van der Waals surface area contributed by atoms with Crippen LogP contribution in [0.2, 0.25) is 0 Å². The minimum absolute atomic E-state index is 0.833. The Balaban J connectivity index is 0.000000310. The quantitative estimate of drug-likeness (QED) is 0.606. The van der Waals surface area contributed by atoms with Crippen LogP contribution in [0.5, 0.6) is 0 Å². The first-order valence-electron chi connectivity index (χ1n) is 5.61. The predicted octanol–water partition coefficient (Wildman–Crippen LogP) is 3.73. The average molecular weight is 186 g/mol. The Bertz CT molecular complexity index is 98.9. The Morgan fingerprint density at radius 1 is 0.923 bits per heavy atom. The molecule has 1 nitrogen and oxygen atoms in total. The standard InChI is InChI=1S/C8H16O.C4H10/c1-7(2)8-3-5-9-6-4-8;1-4(2)3/h7-8H,3-6H2,1-2H3;4H,1-3H3. The number of ether oxygens (including phenoxy) is 1. The lowest BCUT2D eigenvalue weighted by molar-refractivity contribution is 0.0523. The van der Waals surface area contributed by atoms with Gasteiger partial charge in [-0.25, -0.2) is 0 Å². The van der Waals surface area contributed by atoms with Gasteiger partial charge in [0.1, 0.15) is 0 Å². The lowest BCUT2D eigenvalue weighted by atomic mass is 9.89. The van der Waals surface area contributed by atoms with Gasteiger partial charge >= 0.3 is 0 Å². The molecule has 1 aliphatic rings. The van der Waals surface area contributed by atoms with Crippen LogP contribution in [0.1, 0.15) is 47.5 Å². The van der Waals surface area contributed by atoms with Crippen molar-refractivity contribution >= 4 is 0 Å². The average Bonchev–Trinajstić information content (AvgIpc) is 2.05. The van der Waals surface area contributed by atoms with Gasteiger partial charge in [-0.2, -0.15) is 0 Å². The molecule has 0 aromatic rings. The Hall–Kier alpha value is -0.0400. The summed E-state index contributed by atoms with van der Waals surface area (Å²) in [6.07, 6.45) is 2.55. The predicted molar refractivity (Wildman–Crippen MR) is 58.9 cm³/mol. The third-order valence-electron chi connectivity index (χ3n) is 2.21. The van der Waals surface area contributed by atoms with E-state index in [1.54, 1.807) is 0 Å². The zero-order valence-corrected chi connectivity index (χ0v) is 9.97. The minimum Gasteiger partial charge on any atom is -0.381 e. The van der Waals surface area contributed by atoms with Gasteiger partial charge in [0.15, 0.2) is 0 Å². The van der Waals surface area contributed by atoms with Gasteiger partial charge in [-0.3, -0.25) is 0 Å². The van der Waals surface area contributed by atoms with Crippen molar-refractivity contribution in [2.24, 2.45) is 17.8 Å². The Kier molecular flexibility index (Phi) is 7.35. The topological polar surface area (TPSA) is 9.23 Å². The molecule has 1 heteroatoms. The fraction of sp³-hybridized carbons (Fsp3) is 1.00. The highest BCUT2D eigenvalue weighted by molar-refractivity contribution is 4.65. The first-order chi connectivity index (χ1) is 6.04. The molecule has 80 valence electrons. The summed E-state index contributed by atoms with van der Waals surface area (Å²) < 4.78 is 5.25. The fourth-order valence-electron chi connectivity index (χ4n) is 1.38. The zero-order valence-electron chi connectivity index (χ0n) is 9.97. The SMILES string of the molecule is CC(C)C.CC(C)C1CCOCC1. The molecule has 1 heterocycles. The molecule has 0 aliphatic carbocycles. The molecule has 0 unspecified atom stereocenters. The van der Waals surface area contributed by atoms with Crippen LogP contribution in [-0.4, -0.2) is 13.2 Å². The van der Waals surface area contributed by atoms with Gasteiger partial charge in [0.2, 0.25) is 0 Å². The van der Waals surface area contributed by atoms with Crippen molar-refractivity contribution in [1.29, 1.82) is 0 Å². The van der Waals surface area contributed by atoms with Crippen molar-refractivity contribution in [3.63, 3.8) is 0 Å². The van der Waals surface area contributed by atoms with Gasteiger partial charge in [-0.05, 0) is 30.6 Å². The maximum atomic E-state index is 5.25. The summed E-state index contributed by atoms with van der Waals surface area (Å²) in [5.74, 6) is 2.62. The Morgan fingerprint density at radius 3 is 1.54 bits per heavy atom. The van der Waals surface area contributed by atoms with Crippen LogP contribution in [0.25, 0.3) is 0 Å². The molecule has 0 aromatic heterocycles. The normalized spacial score (nSPS) is 18.7. The van der Waals surface area contributed by atoms with E-state index in [1.165, 1.54) is 12.8 Å². The first-order valence-corrected chi connectivity index (χ1v) is 5.61. The maximum Gasteiger partial charge on any atom is 0.0468 e. The molecule has 1 saturated heterocycles. The van der Waals surface area contributed by atoms with Gasteiger partial charge in [0.05, 0.1) is 0 Å². The van der Waals surface area contributed by atoms with Crippen LogP contribution < -0.4 is 0 Å². The van der Waals surface area contributed by atoms with Gasteiger partial charge in [0, 0.05) is 13.2 Å². The van der Waals surface area contributed by atoms with Gasteiger partial charge < -0.3 is 4.74 Å². The molecule has 0 atom stereocenters. The molecule has 1 fully saturated rings. The van der Waals surface area contributed by atoms with E-state index in [2.05, 4.69) is 34.6 Å². The van der Waals surface area contributed by atoms with Crippen molar-refractivity contribution in [3.8, 4) is 0 Å². The fourth-order valence-corrected chi connectivity index (χ4v) is 1.38. The molecular formula is C12H26O. The van der Waals surface area contributed by atoms with Crippen LogP contribution in [0.4, 0.5) is 0 Å². The van der Waals surface area contributed by atoms with Gasteiger partial charge in [0.25, 0.3) is 0 Å². The Morgan fingerprint density at radius 2 is 1.31 bits per heavy atom. The van der Waals surface area contributed by atoms with E-state index < -0.39 is 0 Å². The highest BCUT2D eigenvalue weighted by Crippen LogP contribution is 2.22. The molecule has 0 bridgehead atoms. The second kappa shape index (κ2) is 7.37. The summed E-state index contributed by atoms with van der Waals surface area (Å²) in [4.78, 5) is 0. The molecule has 1 aliphatic heterocycles. The van der Waals surface area contributed by atoms with E-state index in [-0.39, 0.29) is 0 Å². The molecule has 0 spiro atoms. The van der Waals surface area contributed by atoms with E-state index in [1.807, 2.05) is 0 Å².